The Morgan fingerprint density at radius 1 is 1.13 bits per heavy atom. The molecule has 0 radical (unpaired) electrons. The van der Waals surface area contributed by atoms with E-state index in [1.807, 2.05) is 4.90 Å². The SMILES string of the molecule is CC(=C\C(=O)Nc1cc(F)c(F)c(F)c1)/C(C(=O)C(=O)NC1(/C(N)=C/NN)CC(F)(F)C1)=C1/CC2CC2N1C. The maximum atomic E-state index is 13.8. The fourth-order valence-corrected chi connectivity index (χ4v) is 5.22. The highest BCUT2D eigenvalue weighted by molar-refractivity contribution is 6.44. The lowest BCUT2D eigenvalue weighted by molar-refractivity contribution is -0.147. The van der Waals surface area contributed by atoms with Crippen LogP contribution in [0.1, 0.15) is 32.6 Å². The van der Waals surface area contributed by atoms with Crippen LogP contribution in [-0.2, 0) is 14.4 Å². The summed E-state index contributed by atoms with van der Waals surface area (Å²) in [4.78, 5) is 41.0. The number of carbonyl (C=O) groups is 3. The zero-order valence-corrected chi connectivity index (χ0v) is 21.0. The number of piperidine rings is 1. The summed E-state index contributed by atoms with van der Waals surface area (Å²) in [6.07, 6.45) is 1.63. The van der Waals surface area contributed by atoms with E-state index in [4.69, 9.17) is 11.6 Å². The molecule has 1 aliphatic heterocycles. The number of fused-ring (bicyclic) bond motifs is 1. The van der Waals surface area contributed by atoms with Crippen LogP contribution in [0.3, 0.4) is 0 Å². The van der Waals surface area contributed by atoms with Gasteiger partial charge in [0.25, 0.3) is 17.6 Å². The summed E-state index contributed by atoms with van der Waals surface area (Å²) in [5.74, 6) is -5.60. The van der Waals surface area contributed by atoms with Crippen LogP contribution < -0.4 is 27.6 Å². The van der Waals surface area contributed by atoms with Crippen LogP contribution in [0.4, 0.5) is 27.6 Å². The number of hydrogen-bond acceptors (Lipinski definition) is 7. The second kappa shape index (κ2) is 9.98. The van der Waals surface area contributed by atoms with E-state index in [0.717, 1.165) is 18.7 Å². The Kier molecular flexibility index (Phi) is 7.19. The number of nitrogens with two attached hydrogens (primary N) is 2. The molecule has 7 N–H and O–H groups in total. The number of allylic oxidation sites excluding steroid dienone is 2. The Hall–Kier alpha value is -3.94. The molecule has 2 unspecified atom stereocenters. The molecule has 1 heterocycles. The van der Waals surface area contributed by atoms with Crippen LogP contribution in [0.5, 0.6) is 0 Å². The van der Waals surface area contributed by atoms with E-state index < -0.39 is 59.4 Å². The van der Waals surface area contributed by atoms with Gasteiger partial charge in [0.2, 0.25) is 5.91 Å². The highest BCUT2D eigenvalue weighted by atomic mass is 19.3. The number of hydrazine groups is 1. The highest BCUT2D eigenvalue weighted by Gasteiger charge is 2.59. The molecule has 1 aromatic carbocycles. The molecule has 0 spiro atoms. The van der Waals surface area contributed by atoms with Crippen molar-refractivity contribution in [3.63, 3.8) is 0 Å². The van der Waals surface area contributed by atoms with Gasteiger partial charge in [0.05, 0.1) is 11.2 Å². The lowest BCUT2D eigenvalue weighted by Gasteiger charge is -2.47. The Balaban J connectivity index is 1.62. The molecule has 0 bridgehead atoms. The van der Waals surface area contributed by atoms with Crippen molar-refractivity contribution in [3.05, 3.63) is 64.4 Å². The van der Waals surface area contributed by atoms with Crippen molar-refractivity contribution in [3.8, 4) is 0 Å². The third-order valence-electron chi connectivity index (χ3n) is 7.24. The van der Waals surface area contributed by atoms with Crippen LogP contribution >= 0.6 is 0 Å². The monoisotopic (exact) mass is 554 g/mol. The molecule has 2 aliphatic carbocycles. The number of nitrogens with one attached hydrogen (secondary N) is 3. The Labute approximate surface area is 220 Å². The molecule has 2 saturated carbocycles. The molecule has 9 nitrogen and oxygen atoms in total. The lowest BCUT2D eigenvalue weighted by atomic mass is 9.71. The van der Waals surface area contributed by atoms with E-state index >= 15 is 0 Å². The summed E-state index contributed by atoms with van der Waals surface area (Å²) in [6, 6.07) is 1.32. The molecular weight excluding hydrogens is 527 g/mol. The average Bonchev–Trinajstić information content (AvgIpc) is 3.52. The molecule has 0 aromatic heterocycles. The number of anilines is 1. The van der Waals surface area contributed by atoms with Gasteiger partial charge < -0.3 is 26.7 Å². The Bertz CT molecular complexity index is 1310. The zero-order chi connectivity index (χ0) is 28.9. The summed E-state index contributed by atoms with van der Waals surface area (Å²) in [5, 5.41) is 4.50. The van der Waals surface area contributed by atoms with Crippen molar-refractivity contribution in [2.24, 2.45) is 17.5 Å². The van der Waals surface area contributed by atoms with E-state index in [1.54, 1.807) is 7.05 Å². The number of amides is 2. The van der Waals surface area contributed by atoms with Crippen molar-refractivity contribution >= 4 is 23.3 Å². The van der Waals surface area contributed by atoms with Gasteiger partial charge >= 0.3 is 0 Å². The second-order valence-electron chi connectivity index (χ2n) is 10.1. The quantitative estimate of drug-likeness (QED) is 0.0827. The summed E-state index contributed by atoms with van der Waals surface area (Å²) in [6.45, 7) is 1.39. The third-order valence-corrected chi connectivity index (χ3v) is 7.24. The zero-order valence-electron chi connectivity index (χ0n) is 21.0. The summed E-state index contributed by atoms with van der Waals surface area (Å²) < 4.78 is 67.9. The van der Waals surface area contributed by atoms with Gasteiger partial charge in [0, 0.05) is 67.3 Å². The number of nitrogens with zero attached hydrogens (tertiary/aromatic N) is 1. The van der Waals surface area contributed by atoms with Crippen molar-refractivity contribution in [1.82, 2.24) is 15.6 Å². The Morgan fingerprint density at radius 3 is 2.26 bits per heavy atom. The minimum absolute atomic E-state index is 0.0407. The molecule has 3 aliphatic rings. The third kappa shape index (κ3) is 5.46. The average molecular weight is 555 g/mol. The molecule has 3 fully saturated rings. The van der Waals surface area contributed by atoms with Crippen molar-refractivity contribution in [2.75, 3.05) is 12.4 Å². The number of halogens is 5. The molecular formula is C25H27F5N6O3. The number of ketones is 1. The Morgan fingerprint density at radius 2 is 1.74 bits per heavy atom. The minimum atomic E-state index is -3.12. The molecule has 14 heteroatoms. The van der Waals surface area contributed by atoms with Crippen LogP contribution in [0, 0.1) is 23.4 Å². The van der Waals surface area contributed by atoms with E-state index in [0.29, 0.717) is 24.3 Å². The van der Waals surface area contributed by atoms with Gasteiger partial charge in [-0.1, -0.05) is 0 Å². The van der Waals surface area contributed by atoms with Gasteiger partial charge in [-0.15, -0.1) is 0 Å². The minimum Gasteiger partial charge on any atom is -0.399 e. The molecule has 2 amide bonds. The van der Waals surface area contributed by atoms with E-state index in [2.05, 4.69) is 16.1 Å². The first kappa shape index (κ1) is 28.1. The smallest absolute Gasteiger partial charge is 0.293 e. The highest BCUT2D eigenvalue weighted by Crippen LogP contribution is 2.51. The van der Waals surface area contributed by atoms with Gasteiger partial charge in [-0.25, -0.2) is 22.0 Å². The summed E-state index contributed by atoms with van der Waals surface area (Å²) in [7, 11) is 1.73. The first-order valence-electron chi connectivity index (χ1n) is 11.9. The van der Waals surface area contributed by atoms with E-state index in [1.165, 1.54) is 6.92 Å². The van der Waals surface area contributed by atoms with Gasteiger partial charge in [0.15, 0.2) is 17.5 Å². The van der Waals surface area contributed by atoms with E-state index in [-0.39, 0.29) is 34.5 Å². The molecule has 1 aromatic rings. The number of alkyl halides is 2. The van der Waals surface area contributed by atoms with Crippen LogP contribution in [0.15, 0.2) is 46.9 Å². The van der Waals surface area contributed by atoms with Gasteiger partial charge in [-0.3, -0.25) is 20.2 Å². The van der Waals surface area contributed by atoms with Crippen LogP contribution in [0.2, 0.25) is 0 Å². The summed E-state index contributed by atoms with van der Waals surface area (Å²) >= 11 is 0. The normalized spacial score (nSPS) is 24.4. The fraction of sp³-hybridized carbons (Fsp3) is 0.400. The molecule has 4 rings (SSSR count). The van der Waals surface area contributed by atoms with Crippen LogP contribution in [0.25, 0.3) is 0 Å². The molecule has 1 saturated heterocycles. The fourth-order valence-electron chi connectivity index (χ4n) is 5.22. The summed E-state index contributed by atoms with van der Waals surface area (Å²) in [5.41, 5.74) is 6.11. The van der Waals surface area contributed by atoms with Gasteiger partial charge in [0.1, 0.15) is 0 Å². The lowest BCUT2D eigenvalue weighted by Crippen LogP contribution is -2.66. The maximum Gasteiger partial charge on any atom is 0.293 e. The van der Waals surface area contributed by atoms with Gasteiger partial charge in [-0.05, 0) is 31.3 Å². The van der Waals surface area contributed by atoms with Crippen LogP contribution in [-0.4, -0.2) is 47.0 Å². The number of carbonyl (C=O) groups excluding carboxylic acids is 3. The van der Waals surface area contributed by atoms with Gasteiger partial charge in [-0.2, -0.15) is 0 Å². The predicted octanol–water partition coefficient (Wildman–Crippen LogP) is 2.08. The van der Waals surface area contributed by atoms with E-state index in [9.17, 15) is 36.3 Å². The predicted molar refractivity (Wildman–Crippen MR) is 130 cm³/mol. The van der Waals surface area contributed by atoms with Crippen molar-refractivity contribution in [2.45, 2.75) is 50.1 Å². The number of benzene rings is 1. The van der Waals surface area contributed by atoms with Crippen molar-refractivity contribution < 1.29 is 36.3 Å². The topological polar surface area (TPSA) is 143 Å². The molecule has 2 atom stereocenters. The number of rotatable bonds is 8. The van der Waals surface area contributed by atoms with Crippen molar-refractivity contribution in [1.29, 1.82) is 0 Å². The first-order valence-corrected chi connectivity index (χ1v) is 11.9. The first-order chi connectivity index (χ1) is 18.2. The second-order valence-corrected chi connectivity index (χ2v) is 10.1. The molecule has 39 heavy (non-hydrogen) atoms. The number of Topliss-reactive ketones (excluding diaryl/α,β-unsaturated/α-hetero) is 1. The standard InChI is InChI=1S/C25H27F5N6O3/c1-11(3-19(37)34-13-6-14(26)21(28)15(27)7-13)20(17-5-12-4-16(12)36(17)2)22(38)23(39)35-24(18(31)8-33-32)9-25(29,30)10-24/h3,6-8,12,16,33H,4-5,9-10,31-32H2,1-2H3,(H,34,37)(H,35,39)/b11-3+,18-8-,20-17+. The molecule has 210 valence electrons. The number of likely N-dealkylation sites (tertiary alicyclic amines) is 1. The maximum absolute atomic E-state index is 13.8. The number of hydrogen-bond donors (Lipinski definition) is 5. The largest absolute Gasteiger partial charge is 0.399 e.